The van der Waals surface area contributed by atoms with Crippen molar-refractivity contribution in [3.05, 3.63) is 65.8 Å². The van der Waals surface area contributed by atoms with Crippen LogP contribution in [0.25, 0.3) is 0 Å². The average molecular weight is 1160 g/mol. The highest BCUT2D eigenvalue weighted by Gasteiger charge is 2.76. The molecule has 3 saturated carbocycles. The van der Waals surface area contributed by atoms with Crippen LogP contribution in [-0.4, -0.2) is 169 Å². The van der Waals surface area contributed by atoms with Crippen molar-refractivity contribution in [3.63, 3.8) is 0 Å². The number of rotatable bonds is 28. The normalized spacial score (nSPS) is 27.7. The minimum absolute atomic E-state index is 0.0263. The van der Waals surface area contributed by atoms with Gasteiger partial charge < -0.3 is 65.6 Å². The molecule has 2 aliphatic heterocycles. The number of anilines is 1. The van der Waals surface area contributed by atoms with Crippen LogP contribution >= 0.6 is 0 Å². The zero-order valence-electron chi connectivity index (χ0n) is 48.9. The molecule has 0 aromatic heterocycles. The van der Waals surface area contributed by atoms with Gasteiger partial charge in [-0.15, -0.1) is 0 Å². The van der Waals surface area contributed by atoms with Gasteiger partial charge in [0, 0.05) is 87.8 Å². The van der Waals surface area contributed by atoms with Crippen LogP contribution in [0.5, 0.6) is 0 Å². The highest BCUT2D eigenvalue weighted by atomic mass is 16.7. The Morgan fingerprint density at radius 2 is 1.64 bits per heavy atom. The molecule has 454 valence electrons. The Kier molecular flexibility index (Phi) is 20.8. The Balaban J connectivity index is 0.872. The fourth-order valence-corrected chi connectivity index (χ4v) is 13.5. The van der Waals surface area contributed by atoms with Gasteiger partial charge in [0.15, 0.2) is 24.3 Å². The number of aliphatic hydroxyl groups excluding tert-OH is 1. The minimum Gasteiger partial charge on any atom is -0.445 e. The van der Waals surface area contributed by atoms with Gasteiger partial charge in [0.1, 0.15) is 24.5 Å². The number of primary amides is 1. The fourth-order valence-electron chi connectivity index (χ4n) is 13.5. The van der Waals surface area contributed by atoms with E-state index < -0.39 is 83.0 Å². The van der Waals surface area contributed by atoms with Gasteiger partial charge in [0.2, 0.25) is 17.6 Å². The summed E-state index contributed by atoms with van der Waals surface area (Å²) in [7, 11) is 3.01. The fraction of sp³-hybridized carbons (Fsp3) is 0.633. The quantitative estimate of drug-likeness (QED) is 0.0379. The first-order valence-corrected chi connectivity index (χ1v) is 29.1. The number of hydrogen-bond acceptors (Lipinski definition) is 16. The number of Topliss-reactive ketones (excluding diaryl/α,β-unsaturated/α-hetero) is 1. The van der Waals surface area contributed by atoms with Crippen molar-refractivity contribution >= 4 is 65.4 Å². The molecular weight excluding hydrogens is 1070 g/mol. The third-order valence-corrected chi connectivity index (χ3v) is 18.0. The van der Waals surface area contributed by atoms with Gasteiger partial charge in [-0.3, -0.25) is 33.7 Å². The lowest BCUT2D eigenvalue weighted by Crippen LogP contribution is -2.63. The molecule has 4 fully saturated rings. The first-order valence-electron chi connectivity index (χ1n) is 29.1. The van der Waals surface area contributed by atoms with Crippen LogP contribution in [0.15, 0.2) is 60.2 Å². The third-order valence-electron chi connectivity index (χ3n) is 18.0. The molecule has 7 N–H and O–H groups in total. The van der Waals surface area contributed by atoms with E-state index in [1.54, 1.807) is 50.3 Å². The van der Waals surface area contributed by atoms with Crippen molar-refractivity contribution in [3.8, 4) is 0 Å². The number of carbonyl (C=O) groups excluding carboxylic acids is 10. The summed E-state index contributed by atoms with van der Waals surface area (Å²) in [6, 6.07) is 5.08. The van der Waals surface area contributed by atoms with Crippen LogP contribution in [0.3, 0.4) is 0 Å². The molecule has 11 atom stereocenters. The summed E-state index contributed by atoms with van der Waals surface area (Å²) < 4.78 is 24.4. The average Bonchev–Trinajstić information content (AvgIpc) is 1.60. The number of nitrogens with zero attached hydrogens (tertiary/aromatic N) is 3. The van der Waals surface area contributed by atoms with Crippen LogP contribution in [0.2, 0.25) is 0 Å². The SMILES string of the molecule is CCCC1O[C@@H]2CC3[C@@H]4CCC5=CC(=O)C=C[C@]5(C)C4[C@@H](O)C[C@]3(C)[C@]2(C(=O)COC(=O)N(C)CCN(C)C(=O)OCc2ccc(NC[C@@](C=O)(CCCNC(N)=O)NC(=O)[C@@H](NC(=O)CCCCCN3C(=O)C=CC3=O)C(C)C)cc2)O1. The number of ketones is 2. The number of amides is 8. The zero-order valence-corrected chi connectivity index (χ0v) is 48.9. The van der Waals surface area contributed by atoms with Crippen LogP contribution in [-0.2, 0) is 59.1 Å². The van der Waals surface area contributed by atoms with E-state index in [9.17, 15) is 53.1 Å². The van der Waals surface area contributed by atoms with Crippen LogP contribution in [0, 0.1) is 34.5 Å². The largest absolute Gasteiger partial charge is 0.445 e. The first-order chi connectivity index (χ1) is 39.4. The number of fused-ring (bicyclic) bond motifs is 7. The Labute approximate surface area is 485 Å². The molecule has 7 rings (SSSR count). The number of hydrogen-bond donors (Lipinski definition) is 6. The zero-order chi connectivity index (χ0) is 60.4. The molecule has 1 aromatic carbocycles. The maximum Gasteiger partial charge on any atom is 0.409 e. The van der Waals surface area contributed by atoms with Crippen molar-refractivity contribution in [1.82, 2.24) is 30.7 Å². The number of aliphatic hydroxyl groups is 1. The number of allylic oxidation sites excluding steroid dienone is 4. The summed E-state index contributed by atoms with van der Waals surface area (Å²) in [6.45, 7) is 9.33. The summed E-state index contributed by atoms with van der Waals surface area (Å²) in [4.78, 5) is 132. The van der Waals surface area contributed by atoms with Crippen LogP contribution in [0.4, 0.5) is 20.1 Å². The molecule has 0 radical (unpaired) electrons. The number of imide groups is 1. The minimum atomic E-state index is -1.49. The number of ether oxygens (including phenoxy) is 4. The molecule has 0 spiro atoms. The van der Waals surface area contributed by atoms with Crippen molar-refractivity contribution in [2.75, 3.05) is 58.7 Å². The van der Waals surface area contributed by atoms with Gasteiger partial charge in [-0.1, -0.05) is 71.2 Å². The van der Waals surface area contributed by atoms with Crippen LogP contribution in [0.1, 0.15) is 117 Å². The Bertz CT molecular complexity index is 2700. The Morgan fingerprint density at radius 3 is 2.29 bits per heavy atom. The van der Waals surface area contributed by atoms with Gasteiger partial charge in [0.25, 0.3) is 11.8 Å². The van der Waals surface area contributed by atoms with Crippen molar-refractivity contribution in [2.45, 2.75) is 154 Å². The summed E-state index contributed by atoms with van der Waals surface area (Å²) in [5.41, 5.74) is 3.18. The van der Waals surface area contributed by atoms with E-state index in [1.165, 1.54) is 36.0 Å². The number of nitrogens with two attached hydrogens (primary N) is 1. The number of benzene rings is 1. The topological polar surface area (TPSA) is 312 Å². The molecule has 4 aliphatic carbocycles. The van der Waals surface area contributed by atoms with Gasteiger partial charge in [0.05, 0.1) is 12.2 Å². The summed E-state index contributed by atoms with van der Waals surface area (Å²) in [6.07, 6.45) is 10.4. The molecule has 0 bridgehead atoms. The van der Waals surface area contributed by atoms with E-state index in [0.29, 0.717) is 56.1 Å². The van der Waals surface area contributed by atoms with Gasteiger partial charge in [-0.2, -0.15) is 0 Å². The second-order valence-corrected chi connectivity index (χ2v) is 24.0. The predicted molar refractivity (Wildman–Crippen MR) is 302 cm³/mol. The summed E-state index contributed by atoms with van der Waals surface area (Å²) in [5.74, 6) is -2.72. The molecule has 23 nitrogen and oxygen atoms in total. The van der Waals surface area contributed by atoms with Crippen molar-refractivity contribution in [1.29, 1.82) is 0 Å². The lowest BCUT2D eigenvalue weighted by molar-refractivity contribution is -0.200. The highest BCUT2D eigenvalue weighted by Crippen LogP contribution is 2.69. The standard InChI is InChI=1S/C60H84N8O15/c1-8-13-50-82-46-31-43-42-20-17-39-30-41(70)23-25-57(39,4)51(42)44(71)32-58(43,5)60(46,83-50)45(72)34-81-56(79)67(7)29-28-66(6)55(78)80-33-38-15-18-40(19-16-38)63-35-59(36-69,24-12-26-62-54(61)77)65-53(76)52(37(2)3)64-47(73)14-10-9-11-27-68-48(74)21-22-49(68)75/h15-16,18-19,21-23,25,30,36-37,42-44,46,50-52,63,71H,8-14,17,20,24,26-29,31-35H2,1-7H3,(H,64,73)(H,65,76)(H3,61,62,77)/t42-,43?,44-,46+,50?,51?,52-,57-,58-,59+,60+/m0/s1. The van der Waals surface area contributed by atoms with Crippen molar-refractivity contribution in [2.24, 2.45) is 40.2 Å². The number of aldehydes is 1. The molecule has 8 amide bonds. The molecular formula is C60H84N8O15. The Hall–Kier alpha value is -6.98. The number of carbonyl (C=O) groups is 10. The first kappa shape index (κ1) is 63.6. The maximum absolute atomic E-state index is 14.7. The molecule has 83 heavy (non-hydrogen) atoms. The van der Waals surface area contributed by atoms with E-state index in [4.69, 9.17) is 24.7 Å². The molecule has 2 heterocycles. The summed E-state index contributed by atoms with van der Waals surface area (Å²) in [5, 5.41) is 23.4. The number of nitrogens with one attached hydrogen (secondary N) is 4. The second-order valence-electron chi connectivity index (χ2n) is 24.0. The van der Waals surface area contributed by atoms with Gasteiger partial charge in [-0.25, -0.2) is 14.4 Å². The molecule has 23 heteroatoms. The summed E-state index contributed by atoms with van der Waals surface area (Å²) >= 11 is 0. The monoisotopic (exact) mass is 1160 g/mol. The lowest BCUT2D eigenvalue weighted by atomic mass is 9.46. The smallest absolute Gasteiger partial charge is 0.409 e. The van der Waals surface area contributed by atoms with Crippen molar-refractivity contribution < 1.29 is 72.0 Å². The van der Waals surface area contributed by atoms with Crippen LogP contribution < -0.4 is 27.0 Å². The highest BCUT2D eigenvalue weighted by molar-refractivity contribution is 6.12. The Morgan fingerprint density at radius 1 is 0.952 bits per heavy atom. The van der Waals surface area contributed by atoms with E-state index in [1.807, 2.05) is 19.9 Å². The molecule has 6 aliphatic rings. The van der Waals surface area contributed by atoms with Gasteiger partial charge in [-0.05, 0) is 105 Å². The maximum atomic E-state index is 14.7. The van der Waals surface area contributed by atoms with E-state index in [-0.39, 0.29) is 112 Å². The van der Waals surface area contributed by atoms with Gasteiger partial charge >= 0.3 is 18.2 Å². The number of urea groups is 1. The third kappa shape index (κ3) is 14.2. The number of likely N-dealkylation sites (N-methyl/N-ethyl adjacent to an activating group) is 2. The molecule has 3 unspecified atom stereocenters. The second kappa shape index (κ2) is 27.2. The molecule has 1 saturated heterocycles. The lowest BCUT2D eigenvalue weighted by Gasteiger charge is -2.59. The number of unbranched alkanes of at least 4 members (excludes halogenated alkanes) is 2. The van der Waals surface area contributed by atoms with E-state index in [2.05, 4.69) is 28.2 Å². The van der Waals surface area contributed by atoms with E-state index in [0.717, 1.165) is 23.3 Å². The molecule has 1 aromatic rings. The predicted octanol–water partition coefficient (Wildman–Crippen LogP) is 4.60. The van der Waals surface area contributed by atoms with E-state index >= 15 is 0 Å².